The molecule has 1 aliphatic rings. The Morgan fingerprint density at radius 1 is 1.12 bits per heavy atom. The number of rotatable bonds is 8. The number of carbonyl (C=O) groups excluding carboxylic acids is 1. The molecule has 1 heterocycles. The largest absolute Gasteiger partial charge is 0.383 e. The van der Waals surface area contributed by atoms with Gasteiger partial charge in [0.05, 0.1) is 17.2 Å². The number of methoxy groups -OCH3 is 1. The van der Waals surface area contributed by atoms with Crippen LogP contribution in [0.25, 0.3) is 10.8 Å². The molecule has 2 aromatic carbocycles. The molecule has 0 saturated heterocycles. The minimum Gasteiger partial charge on any atom is -0.383 e. The Labute approximate surface area is 147 Å². The van der Waals surface area contributed by atoms with Crippen LogP contribution in [0.15, 0.2) is 35.2 Å². The first-order valence-electron chi connectivity index (χ1n) is 8.00. The predicted octanol–water partition coefficient (Wildman–Crippen LogP) is 0.944. The van der Waals surface area contributed by atoms with Crippen LogP contribution in [0.2, 0.25) is 0 Å². The van der Waals surface area contributed by atoms with E-state index in [9.17, 15) is 13.2 Å². The van der Waals surface area contributed by atoms with Crippen molar-refractivity contribution in [3.63, 3.8) is 0 Å². The molecule has 0 bridgehead atoms. The third-order valence-corrected chi connectivity index (χ3v) is 5.76. The summed E-state index contributed by atoms with van der Waals surface area (Å²) in [6.07, 6.45) is 0. The average molecular weight is 363 g/mol. The summed E-state index contributed by atoms with van der Waals surface area (Å²) in [7, 11) is -0.368. The molecule has 134 valence electrons. The molecule has 1 aliphatic heterocycles. The Bertz CT molecular complexity index is 911. The fourth-order valence-electron chi connectivity index (χ4n) is 2.99. The molecule has 0 atom stereocenters. The van der Waals surface area contributed by atoms with Crippen LogP contribution in [0.4, 0.5) is 5.69 Å². The van der Waals surface area contributed by atoms with Crippen LogP contribution in [0, 0.1) is 0 Å². The van der Waals surface area contributed by atoms with E-state index < -0.39 is 10.0 Å². The third kappa shape index (κ3) is 3.25. The van der Waals surface area contributed by atoms with E-state index >= 15 is 0 Å². The first-order chi connectivity index (χ1) is 12.0. The van der Waals surface area contributed by atoms with Crippen molar-refractivity contribution in [3.05, 3.63) is 35.9 Å². The molecule has 2 aromatic rings. The number of anilines is 1. The summed E-state index contributed by atoms with van der Waals surface area (Å²) in [5.41, 5.74) is 1.27. The van der Waals surface area contributed by atoms with Gasteiger partial charge in [-0.25, -0.2) is 13.1 Å². The molecule has 8 heteroatoms. The Morgan fingerprint density at radius 2 is 1.92 bits per heavy atom. The van der Waals surface area contributed by atoms with E-state index in [1.54, 1.807) is 49.4 Å². The van der Waals surface area contributed by atoms with Gasteiger partial charge in [0.25, 0.3) is 5.91 Å². The number of hydrogen-bond donors (Lipinski definition) is 2. The second kappa shape index (κ2) is 7.09. The fraction of sp³-hybridized carbons (Fsp3) is 0.353. The third-order valence-electron chi connectivity index (χ3n) is 4.24. The second-order valence-electron chi connectivity index (χ2n) is 5.82. The summed E-state index contributed by atoms with van der Waals surface area (Å²) in [4.78, 5) is 14.0. The molecule has 0 aromatic heterocycles. The zero-order valence-corrected chi connectivity index (χ0v) is 15.0. The first kappa shape index (κ1) is 17.8. The van der Waals surface area contributed by atoms with Crippen LogP contribution in [-0.4, -0.2) is 54.7 Å². The van der Waals surface area contributed by atoms with Gasteiger partial charge in [0, 0.05) is 50.1 Å². The van der Waals surface area contributed by atoms with Gasteiger partial charge in [-0.15, -0.1) is 0 Å². The Hall–Kier alpha value is -2.00. The molecule has 2 N–H and O–H groups in total. The van der Waals surface area contributed by atoms with Crippen LogP contribution in [-0.2, 0) is 14.8 Å². The lowest BCUT2D eigenvalue weighted by molar-refractivity contribution is 0.0999. The highest BCUT2D eigenvalue weighted by Gasteiger charge is 2.29. The zero-order chi connectivity index (χ0) is 18.0. The minimum atomic E-state index is -3.67. The second-order valence-corrected chi connectivity index (χ2v) is 7.55. The number of hydrogen-bond acceptors (Lipinski definition) is 5. The molecule has 0 saturated carbocycles. The molecule has 7 nitrogen and oxygen atoms in total. The minimum absolute atomic E-state index is 0.120. The van der Waals surface area contributed by atoms with Crippen molar-refractivity contribution in [2.75, 3.05) is 45.3 Å². The van der Waals surface area contributed by atoms with Gasteiger partial charge in [-0.05, 0) is 18.2 Å². The smallest absolute Gasteiger partial charge is 0.258 e. The molecule has 3 rings (SSSR count). The first-order valence-corrected chi connectivity index (χ1v) is 9.49. The van der Waals surface area contributed by atoms with Crippen molar-refractivity contribution < 1.29 is 17.9 Å². The number of sulfonamides is 1. The normalized spacial score (nSPS) is 13.8. The van der Waals surface area contributed by atoms with Crippen molar-refractivity contribution in [2.45, 2.75) is 4.90 Å². The van der Waals surface area contributed by atoms with E-state index in [-0.39, 0.29) is 17.3 Å². The molecular formula is C17H21N3O4S. The number of amides is 1. The Balaban J connectivity index is 1.86. The standard InChI is InChI=1S/C17H21N3O4S/c1-20-14-6-7-15(12-4-3-5-13(16(12)14)17(20)21)25(22,23)19-9-8-18-10-11-24-2/h3-7,18-19H,8-11H2,1-2H3. The average Bonchev–Trinajstić information content (AvgIpc) is 2.85. The lowest BCUT2D eigenvalue weighted by atomic mass is 10.1. The van der Waals surface area contributed by atoms with Crippen LogP contribution >= 0.6 is 0 Å². The van der Waals surface area contributed by atoms with Crippen LogP contribution in [0.3, 0.4) is 0 Å². The maximum atomic E-state index is 12.7. The quantitative estimate of drug-likeness (QED) is 0.682. The van der Waals surface area contributed by atoms with Gasteiger partial charge in [0.2, 0.25) is 10.0 Å². The van der Waals surface area contributed by atoms with Gasteiger partial charge in [-0.3, -0.25) is 4.79 Å². The van der Waals surface area contributed by atoms with E-state index in [1.165, 1.54) is 0 Å². The summed E-state index contributed by atoms with van der Waals surface area (Å²) in [6, 6.07) is 8.41. The van der Waals surface area contributed by atoms with E-state index in [1.807, 2.05) is 0 Å². The van der Waals surface area contributed by atoms with Gasteiger partial charge in [-0.1, -0.05) is 12.1 Å². The lowest BCUT2D eigenvalue weighted by Crippen LogP contribution is -2.33. The molecule has 0 radical (unpaired) electrons. The van der Waals surface area contributed by atoms with Crippen LogP contribution in [0.5, 0.6) is 0 Å². The fourth-order valence-corrected chi connectivity index (χ4v) is 4.23. The monoisotopic (exact) mass is 363 g/mol. The number of carbonyl (C=O) groups is 1. The lowest BCUT2D eigenvalue weighted by Gasteiger charge is -2.13. The zero-order valence-electron chi connectivity index (χ0n) is 14.2. The maximum absolute atomic E-state index is 12.7. The van der Waals surface area contributed by atoms with E-state index in [0.29, 0.717) is 36.0 Å². The highest BCUT2D eigenvalue weighted by atomic mass is 32.2. The van der Waals surface area contributed by atoms with Crippen LogP contribution < -0.4 is 14.9 Å². The van der Waals surface area contributed by atoms with Crippen LogP contribution in [0.1, 0.15) is 10.4 Å². The van der Waals surface area contributed by atoms with Crippen molar-refractivity contribution in [1.82, 2.24) is 10.0 Å². The summed E-state index contributed by atoms with van der Waals surface area (Å²) < 4.78 is 32.9. The molecule has 0 fully saturated rings. The van der Waals surface area contributed by atoms with Gasteiger partial charge in [0.15, 0.2) is 0 Å². The number of benzene rings is 2. The number of ether oxygens (including phenoxy) is 1. The molecule has 0 aliphatic carbocycles. The molecular weight excluding hydrogens is 342 g/mol. The van der Waals surface area contributed by atoms with E-state index in [4.69, 9.17) is 4.74 Å². The van der Waals surface area contributed by atoms with Crippen molar-refractivity contribution in [3.8, 4) is 0 Å². The van der Waals surface area contributed by atoms with Gasteiger partial charge < -0.3 is 15.0 Å². The van der Waals surface area contributed by atoms with Gasteiger partial charge in [0.1, 0.15) is 0 Å². The molecule has 25 heavy (non-hydrogen) atoms. The topological polar surface area (TPSA) is 87.7 Å². The van der Waals surface area contributed by atoms with Crippen molar-refractivity contribution in [2.24, 2.45) is 0 Å². The highest BCUT2D eigenvalue weighted by molar-refractivity contribution is 7.89. The summed E-state index contributed by atoms with van der Waals surface area (Å²) >= 11 is 0. The SMILES string of the molecule is COCCNCCNS(=O)(=O)c1ccc2c3c(cccc13)C(=O)N2C. The summed E-state index contributed by atoms with van der Waals surface area (Å²) in [6.45, 7) is 2.01. The van der Waals surface area contributed by atoms with Gasteiger partial charge in [-0.2, -0.15) is 0 Å². The Morgan fingerprint density at radius 3 is 2.68 bits per heavy atom. The Kier molecular flexibility index (Phi) is 5.05. The van der Waals surface area contributed by atoms with Gasteiger partial charge >= 0.3 is 0 Å². The van der Waals surface area contributed by atoms with Crippen molar-refractivity contribution >= 4 is 32.4 Å². The predicted molar refractivity (Wildman–Crippen MR) is 96.6 cm³/mol. The molecule has 0 spiro atoms. The number of nitrogens with one attached hydrogen (secondary N) is 2. The van der Waals surface area contributed by atoms with E-state index in [0.717, 1.165) is 5.69 Å². The molecule has 1 amide bonds. The van der Waals surface area contributed by atoms with Crippen molar-refractivity contribution in [1.29, 1.82) is 0 Å². The van der Waals surface area contributed by atoms with E-state index in [2.05, 4.69) is 10.0 Å². The number of nitrogens with zero attached hydrogens (tertiary/aromatic N) is 1. The highest BCUT2D eigenvalue weighted by Crippen LogP contribution is 2.39. The maximum Gasteiger partial charge on any atom is 0.258 e. The summed E-state index contributed by atoms with van der Waals surface area (Å²) in [5, 5.41) is 4.34. The summed E-state index contributed by atoms with van der Waals surface area (Å²) in [5.74, 6) is -0.120. The molecule has 0 unspecified atom stereocenters.